The summed E-state index contributed by atoms with van der Waals surface area (Å²) in [4.78, 5) is 0.823. The quantitative estimate of drug-likeness (QED) is 0.496. The first kappa shape index (κ1) is 21.7. The zero-order valence-electron chi connectivity index (χ0n) is 16.4. The summed E-state index contributed by atoms with van der Waals surface area (Å²) in [6.45, 7) is 2.05. The van der Waals surface area contributed by atoms with E-state index in [4.69, 9.17) is 11.6 Å². The summed E-state index contributed by atoms with van der Waals surface area (Å²) in [6.07, 6.45) is 17.9. The minimum absolute atomic E-state index is 0.596. The molecule has 1 aromatic carbocycles. The summed E-state index contributed by atoms with van der Waals surface area (Å²) in [5.41, 5.74) is 2.42. The lowest BCUT2D eigenvalue weighted by Gasteiger charge is -2.11. The van der Waals surface area contributed by atoms with Crippen LogP contribution in [0.15, 0.2) is 39.1 Å². The Labute approximate surface area is 168 Å². The normalized spacial score (nSPS) is 20.0. The zero-order valence-corrected chi connectivity index (χ0v) is 18.0. The molecule has 1 aromatic rings. The molecule has 1 saturated carbocycles. The molecule has 26 heavy (non-hydrogen) atoms. The molecule has 3 heteroatoms. The van der Waals surface area contributed by atoms with Gasteiger partial charge in [0.2, 0.25) is 0 Å². The van der Waals surface area contributed by atoms with Crippen LogP contribution >= 0.6 is 11.6 Å². The van der Waals surface area contributed by atoms with Crippen LogP contribution in [0.25, 0.3) is 0 Å². The van der Waals surface area contributed by atoms with Crippen molar-refractivity contribution in [3.63, 3.8) is 0 Å². The van der Waals surface area contributed by atoms with Gasteiger partial charge in [0.05, 0.1) is 10.8 Å². The van der Waals surface area contributed by atoms with Crippen LogP contribution < -0.4 is 0 Å². The molecular weight excluding hydrogens is 360 g/mol. The predicted octanol–water partition coefficient (Wildman–Crippen LogP) is 8.03. The Bertz CT molecular complexity index is 558. The molecule has 146 valence electrons. The van der Waals surface area contributed by atoms with Crippen LogP contribution in [0, 0.1) is 6.92 Å². The second kappa shape index (κ2) is 12.7. The van der Waals surface area contributed by atoms with E-state index in [1.165, 1.54) is 88.2 Å². The van der Waals surface area contributed by atoms with E-state index in [2.05, 4.69) is 0 Å². The van der Waals surface area contributed by atoms with Crippen LogP contribution in [0.3, 0.4) is 0 Å². The first-order valence-electron chi connectivity index (χ1n) is 10.5. The van der Waals surface area contributed by atoms with Crippen LogP contribution in [0.1, 0.15) is 95.5 Å². The minimum Gasteiger partial charge on any atom is -0.248 e. The van der Waals surface area contributed by atoms with E-state index >= 15 is 0 Å². The summed E-state index contributed by atoms with van der Waals surface area (Å²) >= 11 is 6.64. The lowest BCUT2D eigenvalue weighted by atomic mass is 10.0. The third-order valence-corrected chi connectivity index (χ3v) is 7.39. The summed E-state index contributed by atoms with van der Waals surface area (Å²) in [5.74, 6) is 0. The van der Waals surface area contributed by atoms with Gasteiger partial charge < -0.3 is 0 Å². The maximum absolute atomic E-state index is 12.9. The van der Waals surface area contributed by atoms with E-state index in [0.29, 0.717) is 4.36 Å². The van der Waals surface area contributed by atoms with Gasteiger partial charge in [0.15, 0.2) is 0 Å². The number of rotatable bonds is 2. The van der Waals surface area contributed by atoms with Crippen molar-refractivity contribution < 1.29 is 4.21 Å². The third kappa shape index (κ3) is 7.96. The topological polar surface area (TPSA) is 17.1 Å². The number of allylic oxidation sites excluding steroid dienone is 1. The summed E-state index contributed by atoms with van der Waals surface area (Å²) in [6, 6.07) is 7.92. The molecule has 1 unspecified atom stereocenters. The van der Waals surface area contributed by atoms with Crippen molar-refractivity contribution in [2.75, 3.05) is 0 Å². The van der Waals surface area contributed by atoms with E-state index < -0.39 is 10.8 Å². The van der Waals surface area contributed by atoms with Gasteiger partial charge in [-0.3, -0.25) is 0 Å². The predicted molar refractivity (Wildman–Crippen MR) is 115 cm³/mol. The van der Waals surface area contributed by atoms with Crippen LogP contribution in [0.5, 0.6) is 0 Å². The fraction of sp³-hybridized carbons (Fsp3) is 0.652. The molecule has 0 bridgehead atoms. The van der Waals surface area contributed by atoms with Gasteiger partial charge in [0.25, 0.3) is 0 Å². The molecular formula is C23H35ClOS. The minimum atomic E-state index is -1.23. The van der Waals surface area contributed by atoms with Crippen molar-refractivity contribution in [2.24, 2.45) is 0 Å². The largest absolute Gasteiger partial charge is 0.248 e. The highest BCUT2D eigenvalue weighted by molar-refractivity contribution is 7.90. The van der Waals surface area contributed by atoms with Crippen LogP contribution in [0.2, 0.25) is 0 Å². The Morgan fingerprint density at radius 1 is 0.731 bits per heavy atom. The molecule has 1 aliphatic rings. The SMILES string of the molecule is Cc1ccc(S(=O)C(Cl)=C2CCCCCCCCCCCCCC2)cc1. The number of benzene rings is 1. The molecule has 0 heterocycles. The molecule has 1 aliphatic carbocycles. The number of aryl methyl sites for hydroxylation is 1. The van der Waals surface area contributed by atoms with Gasteiger partial charge in [-0.25, -0.2) is 4.21 Å². The monoisotopic (exact) mass is 394 g/mol. The van der Waals surface area contributed by atoms with Crippen LogP contribution in [-0.4, -0.2) is 4.21 Å². The average Bonchev–Trinajstić information content (AvgIpc) is 2.66. The number of hydrogen-bond acceptors (Lipinski definition) is 1. The Hall–Kier alpha value is -0.600. The second-order valence-corrected chi connectivity index (χ2v) is 9.72. The third-order valence-electron chi connectivity index (χ3n) is 5.38. The van der Waals surface area contributed by atoms with Gasteiger partial charge in [0.1, 0.15) is 4.36 Å². The van der Waals surface area contributed by atoms with Gasteiger partial charge in [-0.05, 0) is 50.3 Å². The summed E-state index contributed by atoms with van der Waals surface area (Å²) < 4.78 is 13.5. The smallest absolute Gasteiger partial charge is 0.109 e. The highest BCUT2D eigenvalue weighted by atomic mass is 35.5. The zero-order chi connectivity index (χ0) is 18.6. The number of halogens is 1. The van der Waals surface area contributed by atoms with Crippen molar-refractivity contribution in [3.05, 3.63) is 39.8 Å². The number of hydrogen-bond donors (Lipinski definition) is 0. The fourth-order valence-corrected chi connectivity index (χ4v) is 5.18. The Morgan fingerprint density at radius 2 is 1.12 bits per heavy atom. The van der Waals surface area contributed by atoms with Gasteiger partial charge in [0, 0.05) is 4.90 Å². The van der Waals surface area contributed by atoms with Gasteiger partial charge in [-0.2, -0.15) is 0 Å². The molecule has 1 atom stereocenters. The van der Waals surface area contributed by atoms with E-state index in [-0.39, 0.29) is 0 Å². The maximum Gasteiger partial charge on any atom is 0.109 e. The molecule has 0 radical (unpaired) electrons. The molecule has 0 aliphatic heterocycles. The second-order valence-electron chi connectivity index (χ2n) is 7.70. The molecule has 0 amide bonds. The van der Waals surface area contributed by atoms with Crippen LogP contribution in [-0.2, 0) is 10.8 Å². The van der Waals surface area contributed by atoms with E-state index in [9.17, 15) is 4.21 Å². The van der Waals surface area contributed by atoms with Crippen molar-refractivity contribution in [2.45, 2.75) is 102 Å². The molecule has 0 spiro atoms. The summed E-state index contributed by atoms with van der Waals surface area (Å²) in [7, 11) is -1.23. The van der Waals surface area contributed by atoms with Crippen LogP contribution in [0.4, 0.5) is 0 Å². The highest BCUT2D eigenvalue weighted by Crippen LogP contribution is 2.29. The molecule has 2 rings (SSSR count). The summed E-state index contributed by atoms with van der Waals surface area (Å²) in [5, 5.41) is 0. The lowest BCUT2D eigenvalue weighted by Crippen LogP contribution is -1.98. The first-order chi connectivity index (χ1) is 12.7. The maximum atomic E-state index is 12.9. The van der Waals surface area contributed by atoms with Gasteiger partial charge >= 0.3 is 0 Å². The Morgan fingerprint density at radius 3 is 1.54 bits per heavy atom. The van der Waals surface area contributed by atoms with Crippen molar-refractivity contribution in [1.29, 1.82) is 0 Å². The van der Waals surface area contributed by atoms with Gasteiger partial charge in [-0.15, -0.1) is 0 Å². The molecule has 0 aromatic heterocycles. The van der Waals surface area contributed by atoms with E-state index in [1.807, 2.05) is 31.2 Å². The first-order valence-corrected chi connectivity index (χ1v) is 12.1. The fourth-order valence-electron chi connectivity index (χ4n) is 3.66. The van der Waals surface area contributed by atoms with Gasteiger partial charge in [-0.1, -0.05) is 93.5 Å². The standard InChI is InChI=1S/C23H35ClOS/c1-20-16-18-22(19-17-20)26(25)23(24)21-14-12-10-8-6-4-2-3-5-7-9-11-13-15-21/h16-19H,2-15H2,1H3. The Kier molecular flexibility index (Phi) is 10.6. The van der Waals surface area contributed by atoms with Crippen molar-refractivity contribution >= 4 is 22.4 Å². The molecule has 1 fully saturated rings. The van der Waals surface area contributed by atoms with E-state index in [0.717, 1.165) is 17.7 Å². The Balaban J connectivity index is 2.02. The van der Waals surface area contributed by atoms with Crippen molar-refractivity contribution in [3.8, 4) is 0 Å². The average molecular weight is 395 g/mol. The highest BCUT2D eigenvalue weighted by Gasteiger charge is 2.14. The van der Waals surface area contributed by atoms with E-state index in [1.54, 1.807) is 0 Å². The molecule has 1 nitrogen and oxygen atoms in total. The van der Waals surface area contributed by atoms with Crippen molar-refractivity contribution in [1.82, 2.24) is 0 Å². The lowest BCUT2D eigenvalue weighted by molar-refractivity contribution is 0.548. The molecule has 0 N–H and O–H groups in total. The molecule has 0 saturated heterocycles.